The van der Waals surface area contributed by atoms with Gasteiger partial charge in [0.15, 0.2) is 5.75 Å². The molecule has 0 bridgehead atoms. The molecule has 2 aromatic heterocycles. The van der Waals surface area contributed by atoms with Crippen LogP contribution < -0.4 is 14.2 Å². The Kier molecular flexibility index (Phi) is 5.08. The lowest BCUT2D eigenvalue weighted by atomic mass is 10.2. The summed E-state index contributed by atoms with van der Waals surface area (Å²) in [4.78, 5) is 4.13. The molecule has 0 aliphatic rings. The summed E-state index contributed by atoms with van der Waals surface area (Å²) in [5.74, 6) is 2.31. The molecule has 4 aromatic rings. The maximum atomic E-state index is 13.9. The van der Waals surface area contributed by atoms with Crippen molar-refractivity contribution >= 4 is 11.0 Å². The van der Waals surface area contributed by atoms with Crippen molar-refractivity contribution in [1.82, 2.24) is 9.55 Å². The lowest BCUT2D eigenvalue weighted by Gasteiger charge is -2.10. The second kappa shape index (κ2) is 7.83. The van der Waals surface area contributed by atoms with Crippen molar-refractivity contribution in [3.63, 3.8) is 0 Å². The molecule has 0 saturated carbocycles. The second-order valence-electron chi connectivity index (χ2n) is 6.63. The van der Waals surface area contributed by atoms with Crippen molar-refractivity contribution in [2.24, 2.45) is 0 Å². The first-order valence-corrected chi connectivity index (χ1v) is 9.19. The number of ether oxygens (including phenoxy) is 3. The molecule has 0 fully saturated rings. The molecule has 0 spiro atoms. The number of benzene rings is 2. The highest BCUT2D eigenvalue weighted by Gasteiger charge is 2.18. The van der Waals surface area contributed by atoms with Crippen molar-refractivity contribution in [3.8, 4) is 23.0 Å². The van der Waals surface area contributed by atoms with Crippen molar-refractivity contribution < 1.29 is 18.6 Å². The Morgan fingerprint density at radius 2 is 1.62 bits per heavy atom. The van der Waals surface area contributed by atoms with E-state index in [-0.39, 0.29) is 0 Å². The van der Waals surface area contributed by atoms with Crippen LogP contribution in [0.3, 0.4) is 0 Å². The van der Waals surface area contributed by atoms with Gasteiger partial charge >= 0.3 is 0 Å². The average Bonchev–Trinajstić information content (AvgIpc) is 2.99. The lowest BCUT2D eigenvalue weighted by Crippen LogP contribution is -2.03. The molecule has 4 rings (SSSR count). The molecule has 0 atom stereocenters. The number of pyridine rings is 1. The molecule has 2 aromatic carbocycles. The Morgan fingerprint density at radius 3 is 2.34 bits per heavy atom. The summed E-state index contributed by atoms with van der Waals surface area (Å²) in [5.41, 5.74) is 2.41. The Morgan fingerprint density at radius 1 is 0.897 bits per heavy atom. The Hall–Kier alpha value is -3.54. The van der Waals surface area contributed by atoms with Crippen LogP contribution in [0.4, 0.5) is 4.39 Å². The fourth-order valence-electron chi connectivity index (χ4n) is 3.32. The molecule has 0 amide bonds. The van der Waals surface area contributed by atoms with Gasteiger partial charge in [0.2, 0.25) is 5.95 Å². The van der Waals surface area contributed by atoms with Gasteiger partial charge < -0.3 is 18.8 Å². The standard InChI is InChI=1S/C23H21FN2O3/c1-15-22(29-18-9-7-17(27-2)8-10-18)20-11-12-21(24)25-23(20)26(15)14-16-5-4-6-19(13-16)28-3/h4-13H,14H2,1-3H3. The molecular weight excluding hydrogens is 371 g/mol. The summed E-state index contributed by atoms with van der Waals surface area (Å²) >= 11 is 0. The first-order valence-electron chi connectivity index (χ1n) is 9.19. The summed E-state index contributed by atoms with van der Waals surface area (Å²) in [7, 11) is 3.25. The fraction of sp³-hybridized carbons (Fsp3) is 0.174. The monoisotopic (exact) mass is 392 g/mol. The summed E-state index contributed by atoms with van der Waals surface area (Å²) in [6, 6.07) is 18.1. The van der Waals surface area contributed by atoms with E-state index in [9.17, 15) is 4.39 Å². The van der Waals surface area contributed by atoms with E-state index < -0.39 is 5.95 Å². The zero-order chi connectivity index (χ0) is 20.4. The van der Waals surface area contributed by atoms with Gasteiger partial charge in [-0.1, -0.05) is 12.1 Å². The highest BCUT2D eigenvalue weighted by Crippen LogP contribution is 2.36. The van der Waals surface area contributed by atoms with Crippen LogP contribution in [-0.2, 0) is 6.54 Å². The first kappa shape index (κ1) is 18.8. The van der Waals surface area contributed by atoms with Crippen molar-refractivity contribution in [3.05, 3.63) is 77.9 Å². The predicted molar refractivity (Wildman–Crippen MR) is 110 cm³/mol. The highest BCUT2D eigenvalue weighted by molar-refractivity contribution is 5.86. The van der Waals surface area contributed by atoms with Crippen molar-refractivity contribution in [1.29, 1.82) is 0 Å². The van der Waals surface area contributed by atoms with Crippen LogP contribution in [0.5, 0.6) is 23.0 Å². The van der Waals surface area contributed by atoms with Crippen molar-refractivity contribution in [2.75, 3.05) is 14.2 Å². The number of aromatic nitrogens is 2. The zero-order valence-corrected chi connectivity index (χ0v) is 16.5. The summed E-state index contributed by atoms with van der Waals surface area (Å²) in [6.45, 7) is 2.46. The van der Waals surface area contributed by atoms with Gasteiger partial charge in [-0.2, -0.15) is 4.39 Å². The normalized spacial score (nSPS) is 10.9. The lowest BCUT2D eigenvalue weighted by molar-refractivity contribution is 0.412. The number of halogens is 1. The SMILES string of the molecule is COc1ccc(Oc2c(C)n(Cc3cccc(OC)c3)c3nc(F)ccc23)cc1. The van der Waals surface area contributed by atoms with E-state index in [2.05, 4.69) is 4.98 Å². The fourth-order valence-corrected chi connectivity index (χ4v) is 3.32. The molecule has 6 heteroatoms. The van der Waals surface area contributed by atoms with Crippen LogP contribution >= 0.6 is 0 Å². The summed E-state index contributed by atoms with van der Waals surface area (Å²) < 4.78 is 32.5. The smallest absolute Gasteiger partial charge is 0.214 e. The Balaban J connectivity index is 1.77. The van der Waals surface area contributed by atoms with Gasteiger partial charge in [-0.3, -0.25) is 0 Å². The van der Waals surface area contributed by atoms with Gasteiger partial charge in [-0.25, -0.2) is 4.98 Å². The van der Waals surface area contributed by atoms with Crippen LogP contribution in [0.2, 0.25) is 0 Å². The number of nitrogens with zero attached hydrogens (tertiary/aromatic N) is 2. The number of hydrogen-bond acceptors (Lipinski definition) is 4. The maximum Gasteiger partial charge on any atom is 0.214 e. The van der Waals surface area contributed by atoms with E-state index in [1.165, 1.54) is 6.07 Å². The average molecular weight is 392 g/mol. The van der Waals surface area contributed by atoms with E-state index in [1.54, 1.807) is 20.3 Å². The van der Waals surface area contributed by atoms with E-state index in [0.29, 0.717) is 23.7 Å². The van der Waals surface area contributed by atoms with Crippen LogP contribution in [0.25, 0.3) is 11.0 Å². The highest BCUT2D eigenvalue weighted by atomic mass is 19.1. The van der Waals surface area contributed by atoms with Crippen LogP contribution in [0.15, 0.2) is 60.7 Å². The first-order chi connectivity index (χ1) is 14.1. The molecule has 29 heavy (non-hydrogen) atoms. The van der Waals surface area contributed by atoms with E-state index >= 15 is 0 Å². The quantitative estimate of drug-likeness (QED) is 0.416. The number of fused-ring (bicyclic) bond motifs is 1. The molecule has 0 saturated heterocycles. The molecule has 0 aliphatic carbocycles. The van der Waals surface area contributed by atoms with Gasteiger partial charge in [-0.05, 0) is 61.0 Å². The molecular formula is C23H21FN2O3. The van der Waals surface area contributed by atoms with Gasteiger partial charge in [0.1, 0.15) is 22.9 Å². The molecule has 148 valence electrons. The minimum Gasteiger partial charge on any atom is -0.497 e. The molecule has 0 N–H and O–H groups in total. The van der Waals surface area contributed by atoms with Crippen LogP contribution in [0, 0.1) is 12.9 Å². The van der Waals surface area contributed by atoms with E-state index in [1.807, 2.05) is 60.0 Å². The second-order valence-corrected chi connectivity index (χ2v) is 6.63. The van der Waals surface area contributed by atoms with Gasteiger partial charge in [0.25, 0.3) is 0 Å². The minimum atomic E-state index is -0.530. The van der Waals surface area contributed by atoms with Gasteiger partial charge in [0, 0.05) is 6.54 Å². The Labute approximate surface area is 168 Å². The minimum absolute atomic E-state index is 0.516. The van der Waals surface area contributed by atoms with E-state index in [4.69, 9.17) is 14.2 Å². The van der Waals surface area contributed by atoms with Crippen LogP contribution in [-0.4, -0.2) is 23.8 Å². The summed E-state index contributed by atoms with van der Waals surface area (Å²) in [6.07, 6.45) is 0. The van der Waals surface area contributed by atoms with Crippen molar-refractivity contribution in [2.45, 2.75) is 13.5 Å². The van der Waals surface area contributed by atoms with Gasteiger partial charge in [0.05, 0.1) is 25.3 Å². The molecule has 0 radical (unpaired) electrons. The third-order valence-corrected chi connectivity index (χ3v) is 4.83. The molecule has 2 heterocycles. The third-order valence-electron chi connectivity index (χ3n) is 4.83. The Bertz CT molecular complexity index is 1150. The topological polar surface area (TPSA) is 45.5 Å². The number of hydrogen-bond donors (Lipinski definition) is 0. The molecule has 5 nitrogen and oxygen atoms in total. The predicted octanol–water partition coefficient (Wildman–Crippen LogP) is 5.34. The molecule has 0 unspecified atom stereocenters. The van der Waals surface area contributed by atoms with Gasteiger partial charge in [-0.15, -0.1) is 0 Å². The largest absolute Gasteiger partial charge is 0.497 e. The third kappa shape index (κ3) is 3.74. The number of rotatable bonds is 6. The maximum absolute atomic E-state index is 13.9. The van der Waals surface area contributed by atoms with E-state index in [0.717, 1.165) is 28.1 Å². The molecule has 0 aliphatic heterocycles. The number of methoxy groups -OCH3 is 2. The zero-order valence-electron chi connectivity index (χ0n) is 16.5. The summed E-state index contributed by atoms with van der Waals surface area (Å²) in [5, 5.41) is 0.752. The van der Waals surface area contributed by atoms with Crippen LogP contribution in [0.1, 0.15) is 11.3 Å².